The fraction of sp³-hybridized carbons (Fsp3) is 0.455. The van der Waals surface area contributed by atoms with Crippen molar-refractivity contribution in [3.63, 3.8) is 0 Å². The van der Waals surface area contributed by atoms with Gasteiger partial charge in [-0.05, 0) is 16.7 Å². The van der Waals surface area contributed by atoms with E-state index in [9.17, 15) is 17.7 Å². The Bertz CT molecular complexity index is 430. The predicted octanol–water partition coefficient (Wildman–Crippen LogP) is 2.37. The largest absolute Gasteiger partial charge is 0.416 e. The van der Waals surface area contributed by atoms with E-state index in [1.807, 2.05) is 0 Å². The number of hydrogen-bond donors (Lipinski definition) is 1. The Kier molecular flexibility index (Phi) is 3.45. The molecule has 1 aromatic rings. The molecule has 0 unspecified atom stereocenters. The lowest BCUT2D eigenvalue weighted by Crippen LogP contribution is -2.50. The second-order valence-corrected chi connectivity index (χ2v) is 4.28. The highest BCUT2D eigenvalue weighted by Crippen LogP contribution is 2.35. The van der Waals surface area contributed by atoms with E-state index in [0.717, 1.165) is 6.07 Å². The summed E-state index contributed by atoms with van der Waals surface area (Å²) in [6.45, 7) is 0.575. The fourth-order valence-corrected chi connectivity index (χ4v) is 1.98. The molecule has 2 N–H and O–H groups in total. The summed E-state index contributed by atoms with van der Waals surface area (Å²) < 4.78 is 50.1. The standard InChI is InChI=1S/C11H12F4N2O/c12-11(13,14)9-2-1-3-10(16)8(9)6-17-4-7(5-17)18-15/h1-3,7H,4-6,16H2. The Morgan fingerprint density at radius 2 is 2.00 bits per heavy atom. The normalized spacial score (nSPS) is 17.8. The summed E-state index contributed by atoms with van der Waals surface area (Å²) >= 11 is 0. The first kappa shape index (κ1) is 13.1. The molecule has 100 valence electrons. The summed E-state index contributed by atoms with van der Waals surface area (Å²) in [5.41, 5.74) is 4.96. The topological polar surface area (TPSA) is 38.5 Å². The van der Waals surface area contributed by atoms with Crippen LogP contribution in [-0.2, 0) is 17.7 Å². The first-order chi connectivity index (χ1) is 8.41. The van der Waals surface area contributed by atoms with Gasteiger partial charge in [0.15, 0.2) is 0 Å². The van der Waals surface area contributed by atoms with Gasteiger partial charge in [-0.3, -0.25) is 4.90 Å². The van der Waals surface area contributed by atoms with Crippen molar-refractivity contribution in [3.05, 3.63) is 29.3 Å². The van der Waals surface area contributed by atoms with Gasteiger partial charge >= 0.3 is 6.18 Å². The summed E-state index contributed by atoms with van der Waals surface area (Å²) in [6.07, 6.45) is -4.99. The highest BCUT2D eigenvalue weighted by atomic mass is 19.4. The monoisotopic (exact) mass is 264 g/mol. The van der Waals surface area contributed by atoms with Crippen LogP contribution in [0, 0.1) is 0 Å². The van der Waals surface area contributed by atoms with Gasteiger partial charge in [0.05, 0.1) is 5.56 Å². The highest BCUT2D eigenvalue weighted by Gasteiger charge is 2.36. The van der Waals surface area contributed by atoms with Crippen molar-refractivity contribution < 1.29 is 22.6 Å². The Morgan fingerprint density at radius 3 is 2.56 bits per heavy atom. The van der Waals surface area contributed by atoms with Gasteiger partial charge in [0.1, 0.15) is 6.10 Å². The first-order valence-corrected chi connectivity index (χ1v) is 5.36. The summed E-state index contributed by atoms with van der Waals surface area (Å²) in [5.74, 6) is 0. The molecule has 3 nitrogen and oxygen atoms in total. The number of nitrogens with zero attached hydrogens (tertiary/aromatic N) is 1. The van der Waals surface area contributed by atoms with E-state index < -0.39 is 17.8 Å². The molecule has 0 aliphatic carbocycles. The van der Waals surface area contributed by atoms with Crippen molar-refractivity contribution >= 4 is 5.69 Å². The Balaban J connectivity index is 2.17. The number of likely N-dealkylation sites (tertiary alicyclic amines) is 1. The number of anilines is 1. The zero-order valence-electron chi connectivity index (χ0n) is 9.38. The quantitative estimate of drug-likeness (QED) is 0.673. The summed E-state index contributed by atoms with van der Waals surface area (Å²) in [7, 11) is 0. The zero-order valence-corrected chi connectivity index (χ0v) is 9.38. The molecule has 0 spiro atoms. The van der Waals surface area contributed by atoms with Gasteiger partial charge in [-0.15, -0.1) is 0 Å². The number of benzene rings is 1. The maximum atomic E-state index is 12.8. The molecule has 1 aromatic carbocycles. The van der Waals surface area contributed by atoms with Crippen LogP contribution in [-0.4, -0.2) is 24.1 Å². The third-order valence-electron chi connectivity index (χ3n) is 2.95. The van der Waals surface area contributed by atoms with Crippen LogP contribution in [0.5, 0.6) is 0 Å². The van der Waals surface area contributed by atoms with E-state index in [1.165, 1.54) is 12.1 Å². The molecule has 0 aromatic heterocycles. The van der Waals surface area contributed by atoms with Crippen molar-refractivity contribution in [2.24, 2.45) is 0 Å². The lowest BCUT2D eigenvalue weighted by atomic mass is 10.0. The van der Waals surface area contributed by atoms with Crippen molar-refractivity contribution in [1.82, 2.24) is 4.90 Å². The zero-order chi connectivity index (χ0) is 13.3. The van der Waals surface area contributed by atoms with Crippen LogP contribution in [0.1, 0.15) is 11.1 Å². The molecule has 1 aliphatic heterocycles. The van der Waals surface area contributed by atoms with Gasteiger partial charge in [0.25, 0.3) is 0 Å². The molecule has 2 rings (SSSR count). The maximum absolute atomic E-state index is 12.8. The van der Waals surface area contributed by atoms with E-state index in [1.54, 1.807) is 4.90 Å². The van der Waals surface area contributed by atoms with Gasteiger partial charge in [-0.1, -0.05) is 6.07 Å². The molecule has 1 aliphatic rings. The molecule has 0 saturated carbocycles. The smallest absolute Gasteiger partial charge is 0.398 e. The Hall–Kier alpha value is -1.34. The van der Waals surface area contributed by atoms with Crippen LogP contribution in [0.3, 0.4) is 0 Å². The number of rotatable bonds is 3. The van der Waals surface area contributed by atoms with Crippen LogP contribution in [0.4, 0.5) is 23.4 Å². The average Bonchev–Trinajstić information content (AvgIpc) is 2.22. The molecule has 0 radical (unpaired) electrons. The number of nitrogens with two attached hydrogens (primary N) is 1. The van der Waals surface area contributed by atoms with E-state index in [0.29, 0.717) is 0 Å². The molecular weight excluding hydrogens is 252 g/mol. The molecule has 1 fully saturated rings. The second-order valence-electron chi connectivity index (χ2n) is 4.28. The van der Waals surface area contributed by atoms with E-state index in [2.05, 4.69) is 4.94 Å². The number of nitrogen functional groups attached to an aromatic ring is 1. The molecule has 0 amide bonds. The molecule has 18 heavy (non-hydrogen) atoms. The SMILES string of the molecule is Nc1cccc(C(F)(F)F)c1CN1CC(OF)C1. The molecule has 1 saturated heterocycles. The van der Waals surface area contributed by atoms with Crippen molar-refractivity contribution in [2.75, 3.05) is 18.8 Å². The van der Waals surface area contributed by atoms with Crippen LogP contribution in [0.15, 0.2) is 18.2 Å². The third-order valence-corrected chi connectivity index (χ3v) is 2.95. The molecule has 0 bridgehead atoms. The maximum Gasteiger partial charge on any atom is 0.416 e. The molecule has 7 heteroatoms. The summed E-state index contributed by atoms with van der Waals surface area (Å²) in [6, 6.07) is 3.69. The van der Waals surface area contributed by atoms with Gasteiger partial charge < -0.3 is 5.73 Å². The van der Waals surface area contributed by atoms with Crippen molar-refractivity contribution in [2.45, 2.75) is 18.8 Å². The summed E-state index contributed by atoms with van der Waals surface area (Å²) in [5, 5.41) is 0. The Morgan fingerprint density at radius 1 is 1.33 bits per heavy atom. The van der Waals surface area contributed by atoms with E-state index in [4.69, 9.17) is 5.73 Å². The van der Waals surface area contributed by atoms with Crippen LogP contribution < -0.4 is 5.73 Å². The molecule has 1 heterocycles. The van der Waals surface area contributed by atoms with Crippen LogP contribution in [0.25, 0.3) is 0 Å². The number of alkyl halides is 3. The van der Waals surface area contributed by atoms with Crippen molar-refractivity contribution in [3.8, 4) is 0 Å². The van der Waals surface area contributed by atoms with Crippen molar-refractivity contribution in [1.29, 1.82) is 0 Å². The highest BCUT2D eigenvalue weighted by molar-refractivity contribution is 5.52. The van der Waals surface area contributed by atoms with Crippen LogP contribution >= 0.6 is 0 Å². The minimum Gasteiger partial charge on any atom is -0.398 e. The third kappa shape index (κ3) is 2.56. The minimum absolute atomic E-state index is 0.0299. The number of hydrogen-bond acceptors (Lipinski definition) is 3. The number of halogens is 4. The van der Waals surface area contributed by atoms with Gasteiger partial charge in [-0.2, -0.15) is 18.1 Å². The fourth-order valence-electron chi connectivity index (χ4n) is 1.98. The molecule has 0 atom stereocenters. The van der Waals surface area contributed by atoms with Gasteiger partial charge in [-0.25, -0.2) is 0 Å². The lowest BCUT2D eigenvalue weighted by molar-refractivity contribution is -0.219. The van der Waals surface area contributed by atoms with Gasteiger partial charge in [0, 0.05) is 30.9 Å². The van der Waals surface area contributed by atoms with E-state index >= 15 is 0 Å². The Labute approximate surface area is 101 Å². The molecular formula is C11H12F4N2O. The first-order valence-electron chi connectivity index (χ1n) is 5.36. The minimum atomic E-state index is -4.44. The lowest BCUT2D eigenvalue weighted by Gasteiger charge is -2.36. The second kappa shape index (κ2) is 4.74. The summed E-state index contributed by atoms with van der Waals surface area (Å²) in [4.78, 5) is 5.23. The van der Waals surface area contributed by atoms with Gasteiger partial charge in [0.2, 0.25) is 0 Å². The van der Waals surface area contributed by atoms with Crippen LogP contribution in [0.2, 0.25) is 0 Å². The predicted molar refractivity (Wildman–Crippen MR) is 57.1 cm³/mol. The average molecular weight is 264 g/mol. The van der Waals surface area contributed by atoms with E-state index in [-0.39, 0.29) is 30.9 Å².